The van der Waals surface area contributed by atoms with Gasteiger partial charge in [0.2, 0.25) is 0 Å². The first kappa shape index (κ1) is 12.4. The van der Waals surface area contributed by atoms with Gasteiger partial charge in [-0.3, -0.25) is 4.79 Å². The van der Waals surface area contributed by atoms with E-state index in [2.05, 4.69) is 0 Å². The van der Waals surface area contributed by atoms with Crippen molar-refractivity contribution in [2.45, 2.75) is 12.5 Å². The lowest BCUT2D eigenvalue weighted by Crippen LogP contribution is -2.53. The third-order valence-corrected chi connectivity index (χ3v) is 2.32. The average Bonchev–Trinajstić information content (AvgIpc) is 2.17. The first-order chi connectivity index (χ1) is 7.34. The summed E-state index contributed by atoms with van der Waals surface area (Å²) < 4.78 is 13.4. The molecule has 0 saturated carbocycles. The molecule has 4 nitrogen and oxygen atoms in total. The fourth-order valence-electron chi connectivity index (χ4n) is 1.41. The second-order valence-electron chi connectivity index (χ2n) is 4.03. The first-order valence-electron chi connectivity index (χ1n) is 4.82. The van der Waals surface area contributed by atoms with Gasteiger partial charge < -0.3 is 15.7 Å². The number of aliphatic carboxylic acids is 1. The van der Waals surface area contributed by atoms with E-state index in [9.17, 15) is 9.18 Å². The smallest absolute Gasteiger partial charge is 0.325 e. The highest BCUT2D eigenvalue weighted by Gasteiger charge is 2.30. The van der Waals surface area contributed by atoms with Crippen LogP contribution in [0.3, 0.4) is 0 Å². The molecule has 1 aromatic rings. The summed E-state index contributed by atoms with van der Waals surface area (Å²) in [4.78, 5) is 12.3. The molecule has 0 saturated heterocycles. The Balaban J connectivity index is 2.85. The largest absolute Gasteiger partial charge is 0.480 e. The second-order valence-corrected chi connectivity index (χ2v) is 4.03. The monoisotopic (exact) mass is 226 g/mol. The van der Waals surface area contributed by atoms with Crippen molar-refractivity contribution in [3.63, 3.8) is 0 Å². The first-order valence-corrected chi connectivity index (χ1v) is 4.82. The van der Waals surface area contributed by atoms with Crippen LogP contribution in [0, 0.1) is 5.82 Å². The van der Waals surface area contributed by atoms with Crippen LogP contribution in [0.5, 0.6) is 0 Å². The maximum Gasteiger partial charge on any atom is 0.325 e. The normalized spacial score (nSPS) is 14.2. The summed E-state index contributed by atoms with van der Waals surface area (Å²) >= 11 is 0. The molecule has 1 unspecified atom stereocenters. The van der Waals surface area contributed by atoms with Crippen LogP contribution in [0.25, 0.3) is 0 Å². The summed E-state index contributed by atoms with van der Waals surface area (Å²) in [6, 6.07) is 6.16. The van der Waals surface area contributed by atoms with Gasteiger partial charge >= 0.3 is 5.97 Å². The van der Waals surface area contributed by atoms with Crippen LogP contribution in [-0.4, -0.2) is 30.2 Å². The Morgan fingerprint density at radius 2 is 2.12 bits per heavy atom. The van der Waals surface area contributed by atoms with Crippen molar-refractivity contribution in [2.24, 2.45) is 5.73 Å². The average molecular weight is 226 g/mol. The standard InChI is InChI=1S/C11H15FN2O2/c1-11(13,10(15)16)7-14(2)9-6-4-3-5-8(9)12/h3-6H,7,13H2,1-2H3,(H,15,16). The van der Waals surface area contributed by atoms with Crippen LogP contribution < -0.4 is 10.6 Å². The molecule has 0 heterocycles. The van der Waals surface area contributed by atoms with Crippen LogP contribution >= 0.6 is 0 Å². The fourth-order valence-corrected chi connectivity index (χ4v) is 1.41. The zero-order chi connectivity index (χ0) is 12.3. The van der Waals surface area contributed by atoms with Gasteiger partial charge in [-0.05, 0) is 19.1 Å². The Labute approximate surface area is 93.5 Å². The summed E-state index contributed by atoms with van der Waals surface area (Å²) in [5, 5.41) is 8.86. The number of carboxylic acid groups (broad SMARTS) is 1. The number of likely N-dealkylation sites (N-methyl/N-ethyl adjacent to an activating group) is 1. The number of carboxylic acids is 1. The Morgan fingerprint density at radius 3 is 2.62 bits per heavy atom. The molecular weight excluding hydrogens is 211 g/mol. The van der Waals surface area contributed by atoms with Crippen molar-refractivity contribution < 1.29 is 14.3 Å². The van der Waals surface area contributed by atoms with Gasteiger partial charge in [0.15, 0.2) is 0 Å². The van der Waals surface area contributed by atoms with E-state index in [0.29, 0.717) is 5.69 Å². The molecule has 0 spiro atoms. The third kappa shape index (κ3) is 2.70. The molecule has 0 aliphatic carbocycles. The van der Waals surface area contributed by atoms with Crippen molar-refractivity contribution >= 4 is 11.7 Å². The molecule has 88 valence electrons. The SMILES string of the molecule is CN(CC(C)(N)C(=O)O)c1ccccc1F. The van der Waals surface area contributed by atoms with E-state index in [1.165, 1.54) is 17.9 Å². The number of halogens is 1. The zero-order valence-electron chi connectivity index (χ0n) is 9.27. The molecule has 1 aromatic carbocycles. The molecule has 5 heteroatoms. The van der Waals surface area contributed by atoms with Gasteiger partial charge in [0.05, 0.1) is 5.69 Å². The number of carbonyl (C=O) groups is 1. The quantitative estimate of drug-likeness (QED) is 0.805. The van der Waals surface area contributed by atoms with Crippen molar-refractivity contribution in [1.82, 2.24) is 0 Å². The molecular formula is C11H15FN2O2. The fraction of sp³-hybridized carbons (Fsp3) is 0.364. The molecule has 1 atom stereocenters. The molecule has 0 amide bonds. The summed E-state index contributed by atoms with van der Waals surface area (Å²) in [6.45, 7) is 1.43. The van der Waals surface area contributed by atoms with E-state index in [1.54, 1.807) is 25.2 Å². The highest BCUT2D eigenvalue weighted by Crippen LogP contribution is 2.18. The highest BCUT2D eigenvalue weighted by molar-refractivity contribution is 5.79. The topological polar surface area (TPSA) is 66.6 Å². The summed E-state index contributed by atoms with van der Waals surface area (Å²) in [5.74, 6) is -1.51. The molecule has 0 aliphatic heterocycles. The van der Waals surface area contributed by atoms with Crippen molar-refractivity contribution in [3.05, 3.63) is 30.1 Å². The highest BCUT2D eigenvalue weighted by atomic mass is 19.1. The Kier molecular flexibility index (Phi) is 3.49. The van der Waals surface area contributed by atoms with Crippen LogP contribution in [0.2, 0.25) is 0 Å². The third-order valence-electron chi connectivity index (χ3n) is 2.32. The minimum Gasteiger partial charge on any atom is -0.480 e. The number of hydrogen-bond donors (Lipinski definition) is 2. The molecule has 0 aliphatic rings. The van der Waals surface area contributed by atoms with E-state index in [0.717, 1.165) is 0 Å². The Morgan fingerprint density at radius 1 is 1.56 bits per heavy atom. The number of para-hydroxylation sites is 1. The van der Waals surface area contributed by atoms with Crippen LogP contribution in [0.1, 0.15) is 6.92 Å². The Bertz CT molecular complexity index is 393. The number of anilines is 1. The minimum absolute atomic E-state index is 0.0310. The van der Waals surface area contributed by atoms with Gasteiger partial charge in [0.1, 0.15) is 11.4 Å². The van der Waals surface area contributed by atoms with Crippen molar-refractivity contribution in [3.8, 4) is 0 Å². The van der Waals surface area contributed by atoms with Gasteiger partial charge in [-0.2, -0.15) is 0 Å². The molecule has 3 N–H and O–H groups in total. The number of benzene rings is 1. The molecule has 0 bridgehead atoms. The van der Waals surface area contributed by atoms with Gasteiger partial charge in [0, 0.05) is 13.6 Å². The number of nitrogens with zero attached hydrogens (tertiary/aromatic N) is 1. The predicted molar refractivity (Wildman–Crippen MR) is 59.9 cm³/mol. The van der Waals surface area contributed by atoms with Crippen molar-refractivity contribution in [2.75, 3.05) is 18.5 Å². The lowest BCUT2D eigenvalue weighted by molar-refractivity contribution is -0.142. The Hall–Kier alpha value is -1.62. The lowest BCUT2D eigenvalue weighted by Gasteiger charge is -2.28. The van der Waals surface area contributed by atoms with Crippen LogP contribution in [-0.2, 0) is 4.79 Å². The van der Waals surface area contributed by atoms with Crippen LogP contribution in [0.4, 0.5) is 10.1 Å². The number of nitrogens with two attached hydrogens (primary N) is 1. The maximum absolute atomic E-state index is 13.4. The molecule has 1 rings (SSSR count). The summed E-state index contributed by atoms with van der Waals surface area (Å²) in [6.07, 6.45) is 0. The van der Waals surface area contributed by atoms with Gasteiger partial charge in [-0.1, -0.05) is 12.1 Å². The van der Waals surface area contributed by atoms with Gasteiger partial charge in [-0.25, -0.2) is 4.39 Å². The summed E-state index contributed by atoms with van der Waals surface area (Å²) in [7, 11) is 1.60. The minimum atomic E-state index is -1.41. The number of hydrogen-bond acceptors (Lipinski definition) is 3. The molecule has 0 radical (unpaired) electrons. The van der Waals surface area contributed by atoms with Gasteiger partial charge in [0.25, 0.3) is 0 Å². The van der Waals surface area contributed by atoms with Crippen molar-refractivity contribution in [1.29, 1.82) is 0 Å². The summed E-state index contributed by atoms with van der Waals surface area (Å²) in [5.41, 5.74) is 4.51. The molecule has 0 fully saturated rings. The lowest BCUT2D eigenvalue weighted by atomic mass is 10.0. The van der Waals surface area contributed by atoms with E-state index >= 15 is 0 Å². The van der Waals surface area contributed by atoms with E-state index in [-0.39, 0.29) is 6.54 Å². The number of rotatable bonds is 4. The predicted octanol–water partition coefficient (Wildman–Crippen LogP) is 1.06. The maximum atomic E-state index is 13.4. The molecule has 16 heavy (non-hydrogen) atoms. The second kappa shape index (κ2) is 4.49. The molecule has 0 aromatic heterocycles. The van der Waals surface area contributed by atoms with Gasteiger partial charge in [-0.15, -0.1) is 0 Å². The van der Waals surface area contributed by atoms with E-state index in [4.69, 9.17) is 10.8 Å². The van der Waals surface area contributed by atoms with Crippen LogP contribution in [0.15, 0.2) is 24.3 Å². The van der Waals surface area contributed by atoms with E-state index in [1.807, 2.05) is 0 Å². The zero-order valence-corrected chi connectivity index (χ0v) is 9.27. The van der Waals surface area contributed by atoms with E-state index < -0.39 is 17.3 Å².